The SMILES string of the molecule is CCCCCCCCOc1c(O)c(O)c(CCCC)c(CCCC)c1CCCC. The van der Waals surface area contributed by atoms with Crippen LogP contribution in [0.1, 0.15) is 121 Å². The number of benzene rings is 1. The number of ether oxygens (including phenoxy) is 1. The molecule has 0 radical (unpaired) electrons. The van der Waals surface area contributed by atoms with Gasteiger partial charge in [0.15, 0.2) is 11.5 Å². The van der Waals surface area contributed by atoms with Crippen molar-refractivity contribution in [2.75, 3.05) is 6.61 Å². The lowest BCUT2D eigenvalue weighted by molar-refractivity contribution is 0.278. The van der Waals surface area contributed by atoms with Gasteiger partial charge in [-0.05, 0) is 50.5 Å². The molecule has 1 aromatic rings. The van der Waals surface area contributed by atoms with E-state index in [4.69, 9.17) is 4.74 Å². The molecule has 168 valence electrons. The van der Waals surface area contributed by atoms with E-state index in [0.717, 1.165) is 81.8 Å². The first-order chi connectivity index (χ1) is 14.1. The summed E-state index contributed by atoms with van der Waals surface area (Å²) >= 11 is 0. The Morgan fingerprint density at radius 3 is 1.59 bits per heavy atom. The van der Waals surface area contributed by atoms with Crippen LogP contribution in [0.4, 0.5) is 0 Å². The van der Waals surface area contributed by atoms with E-state index in [2.05, 4.69) is 27.7 Å². The molecular weight excluding hydrogens is 360 g/mol. The minimum Gasteiger partial charge on any atom is -0.504 e. The topological polar surface area (TPSA) is 49.7 Å². The van der Waals surface area contributed by atoms with Crippen LogP contribution in [0.3, 0.4) is 0 Å². The van der Waals surface area contributed by atoms with Gasteiger partial charge in [0.1, 0.15) is 0 Å². The van der Waals surface area contributed by atoms with Gasteiger partial charge < -0.3 is 14.9 Å². The van der Waals surface area contributed by atoms with E-state index in [1.807, 2.05) is 0 Å². The third kappa shape index (κ3) is 8.48. The number of hydrogen-bond donors (Lipinski definition) is 2. The highest BCUT2D eigenvalue weighted by Crippen LogP contribution is 2.46. The Bertz CT molecular complexity index is 566. The van der Waals surface area contributed by atoms with E-state index in [-0.39, 0.29) is 11.5 Å². The van der Waals surface area contributed by atoms with Gasteiger partial charge in [-0.2, -0.15) is 0 Å². The first-order valence-electron chi connectivity index (χ1n) is 12.3. The van der Waals surface area contributed by atoms with Crippen LogP contribution in [0.2, 0.25) is 0 Å². The van der Waals surface area contributed by atoms with Crippen LogP contribution in [0.25, 0.3) is 0 Å². The van der Waals surface area contributed by atoms with Crippen LogP contribution in [0, 0.1) is 0 Å². The first-order valence-corrected chi connectivity index (χ1v) is 12.3. The number of phenols is 2. The quantitative estimate of drug-likeness (QED) is 0.204. The molecule has 3 heteroatoms. The van der Waals surface area contributed by atoms with E-state index >= 15 is 0 Å². The summed E-state index contributed by atoms with van der Waals surface area (Å²) in [5.74, 6) is 0.576. The fraction of sp³-hybridized carbons (Fsp3) is 0.769. The predicted molar refractivity (Wildman–Crippen MR) is 124 cm³/mol. The van der Waals surface area contributed by atoms with Gasteiger partial charge in [0.05, 0.1) is 6.61 Å². The second-order valence-electron chi connectivity index (χ2n) is 8.39. The van der Waals surface area contributed by atoms with Crippen molar-refractivity contribution in [3.05, 3.63) is 16.7 Å². The molecule has 0 aliphatic heterocycles. The molecule has 0 aromatic heterocycles. The molecule has 0 heterocycles. The van der Waals surface area contributed by atoms with E-state index in [0.29, 0.717) is 12.4 Å². The Balaban J connectivity index is 3.08. The molecule has 3 nitrogen and oxygen atoms in total. The summed E-state index contributed by atoms with van der Waals surface area (Å²) in [6, 6.07) is 0. The first kappa shape index (κ1) is 25.7. The Morgan fingerprint density at radius 1 is 0.517 bits per heavy atom. The molecule has 0 bridgehead atoms. The Labute approximate surface area is 179 Å². The Morgan fingerprint density at radius 2 is 1.00 bits per heavy atom. The summed E-state index contributed by atoms with van der Waals surface area (Å²) in [6.45, 7) is 9.41. The van der Waals surface area contributed by atoms with Crippen molar-refractivity contribution in [3.8, 4) is 17.2 Å². The van der Waals surface area contributed by atoms with Crippen molar-refractivity contribution < 1.29 is 14.9 Å². The zero-order valence-electron chi connectivity index (χ0n) is 19.6. The zero-order chi connectivity index (χ0) is 21.5. The lowest BCUT2D eigenvalue weighted by Gasteiger charge is -2.22. The lowest BCUT2D eigenvalue weighted by Crippen LogP contribution is -2.08. The maximum absolute atomic E-state index is 10.8. The average Bonchev–Trinajstić information content (AvgIpc) is 2.73. The molecule has 0 atom stereocenters. The van der Waals surface area contributed by atoms with Gasteiger partial charge in [0.2, 0.25) is 5.75 Å². The molecule has 0 amide bonds. The molecule has 1 rings (SSSR count). The van der Waals surface area contributed by atoms with E-state index in [1.54, 1.807) is 0 Å². The summed E-state index contributed by atoms with van der Waals surface area (Å²) in [7, 11) is 0. The standard InChI is InChI=1S/C26H46O3/c1-5-9-13-14-15-16-20-29-26-23(19-12-8-4)21(17-10-6-2)22(18-11-7-3)24(27)25(26)28/h27-28H,5-20H2,1-4H3. The lowest BCUT2D eigenvalue weighted by atomic mass is 9.89. The van der Waals surface area contributed by atoms with Crippen molar-refractivity contribution in [1.82, 2.24) is 0 Å². The average molecular weight is 407 g/mol. The smallest absolute Gasteiger partial charge is 0.201 e. The second kappa shape index (κ2) is 15.5. The monoisotopic (exact) mass is 406 g/mol. The predicted octanol–water partition coefficient (Wildman–Crippen LogP) is 7.86. The number of unbranched alkanes of at least 4 members (excludes halogenated alkanes) is 8. The summed E-state index contributed by atoms with van der Waals surface area (Å²) in [4.78, 5) is 0. The summed E-state index contributed by atoms with van der Waals surface area (Å²) < 4.78 is 6.12. The van der Waals surface area contributed by atoms with Crippen molar-refractivity contribution in [2.24, 2.45) is 0 Å². The number of hydrogen-bond acceptors (Lipinski definition) is 3. The van der Waals surface area contributed by atoms with Crippen LogP contribution >= 0.6 is 0 Å². The van der Waals surface area contributed by atoms with Gasteiger partial charge in [0.25, 0.3) is 0 Å². The fourth-order valence-corrected chi connectivity index (χ4v) is 3.96. The molecule has 2 N–H and O–H groups in total. The Kier molecular flexibility index (Phi) is 13.7. The highest BCUT2D eigenvalue weighted by atomic mass is 16.5. The number of aromatic hydroxyl groups is 2. The fourth-order valence-electron chi connectivity index (χ4n) is 3.96. The minimum absolute atomic E-state index is 0.0339. The molecule has 0 saturated carbocycles. The summed E-state index contributed by atoms with van der Waals surface area (Å²) in [5, 5.41) is 21.6. The summed E-state index contributed by atoms with van der Waals surface area (Å²) in [5.41, 5.74) is 3.34. The van der Waals surface area contributed by atoms with Gasteiger partial charge in [0, 0.05) is 11.1 Å². The normalized spacial score (nSPS) is 11.2. The third-order valence-electron chi connectivity index (χ3n) is 5.81. The van der Waals surface area contributed by atoms with Crippen molar-refractivity contribution in [3.63, 3.8) is 0 Å². The van der Waals surface area contributed by atoms with Crippen LogP contribution in [-0.2, 0) is 19.3 Å². The van der Waals surface area contributed by atoms with Gasteiger partial charge >= 0.3 is 0 Å². The molecular formula is C26H46O3. The molecule has 0 spiro atoms. The molecule has 0 aliphatic rings. The molecule has 0 aliphatic carbocycles. The maximum atomic E-state index is 10.8. The van der Waals surface area contributed by atoms with E-state index in [1.165, 1.54) is 31.2 Å². The van der Waals surface area contributed by atoms with E-state index in [9.17, 15) is 10.2 Å². The van der Waals surface area contributed by atoms with Crippen LogP contribution in [0.15, 0.2) is 0 Å². The van der Waals surface area contributed by atoms with Gasteiger partial charge in [-0.3, -0.25) is 0 Å². The third-order valence-corrected chi connectivity index (χ3v) is 5.81. The molecule has 0 saturated heterocycles. The number of phenolic OH excluding ortho intramolecular Hbond substituents is 2. The molecule has 0 unspecified atom stereocenters. The van der Waals surface area contributed by atoms with Crippen LogP contribution in [-0.4, -0.2) is 16.8 Å². The Hall–Kier alpha value is -1.38. The number of rotatable bonds is 17. The van der Waals surface area contributed by atoms with Crippen molar-refractivity contribution >= 4 is 0 Å². The molecule has 29 heavy (non-hydrogen) atoms. The maximum Gasteiger partial charge on any atom is 0.201 e. The zero-order valence-corrected chi connectivity index (χ0v) is 19.6. The van der Waals surface area contributed by atoms with E-state index < -0.39 is 0 Å². The van der Waals surface area contributed by atoms with Gasteiger partial charge in [-0.15, -0.1) is 0 Å². The van der Waals surface area contributed by atoms with Crippen molar-refractivity contribution in [2.45, 2.75) is 124 Å². The van der Waals surface area contributed by atoms with Gasteiger partial charge in [-0.25, -0.2) is 0 Å². The van der Waals surface area contributed by atoms with Crippen molar-refractivity contribution in [1.29, 1.82) is 0 Å². The van der Waals surface area contributed by atoms with Crippen LogP contribution < -0.4 is 4.74 Å². The largest absolute Gasteiger partial charge is 0.504 e. The van der Waals surface area contributed by atoms with Gasteiger partial charge in [-0.1, -0.05) is 79.1 Å². The highest BCUT2D eigenvalue weighted by Gasteiger charge is 2.23. The molecule has 1 aromatic carbocycles. The second-order valence-corrected chi connectivity index (χ2v) is 8.39. The summed E-state index contributed by atoms with van der Waals surface area (Å²) in [6.07, 6.45) is 16.4. The molecule has 0 fully saturated rings. The highest BCUT2D eigenvalue weighted by molar-refractivity contribution is 5.62. The minimum atomic E-state index is -0.0339. The van der Waals surface area contributed by atoms with Crippen LogP contribution in [0.5, 0.6) is 17.2 Å².